The molecule has 19 heteroatoms. The summed E-state index contributed by atoms with van der Waals surface area (Å²) >= 11 is 7.99. The average Bonchev–Trinajstić information content (AvgIpc) is 4.10. The van der Waals surface area contributed by atoms with E-state index in [-0.39, 0.29) is 41.9 Å². The number of hydrogen-bond acceptors (Lipinski definition) is 12. The van der Waals surface area contributed by atoms with E-state index in [1.807, 2.05) is 73.9 Å². The molecule has 0 aliphatic heterocycles. The third-order valence-electron chi connectivity index (χ3n) is 13.4. The lowest BCUT2D eigenvalue weighted by Crippen LogP contribution is -2.42. The van der Waals surface area contributed by atoms with Gasteiger partial charge in [-0.15, -0.1) is 0 Å². The van der Waals surface area contributed by atoms with E-state index in [1.165, 1.54) is 12.2 Å². The summed E-state index contributed by atoms with van der Waals surface area (Å²) < 4.78 is 0. The van der Waals surface area contributed by atoms with E-state index in [2.05, 4.69) is 80.6 Å². The van der Waals surface area contributed by atoms with Crippen molar-refractivity contribution >= 4 is 95.6 Å². The number of H-pyrrole nitrogens is 2. The topological polar surface area (TPSA) is 241 Å². The molecule has 8 aromatic rings. The Morgan fingerprint density at radius 2 is 1.13 bits per heavy atom. The maximum absolute atomic E-state index is 12.9. The number of aromatic amines is 2. The molecule has 17 nitrogen and oxygen atoms in total. The summed E-state index contributed by atoms with van der Waals surface area (Å²) in [4.78, 5) is 74.4. The molecule has 0 saturated heterocycles. The van der Waals surface area contributed by atoms with Crippen LogP contribution in [0.2, 0.25) is 0 Å². The predicted molar refractivity (Wildman–Crippen MR) is 320 cm³/mol. The molecule has 0 spiro atoms. The van der Waals surface area contributed by atoms with Crippen molar-refractivity contribution in [1.29, 1.82) is 0 Å². The fourth-order valence-corrected chi connectivity index (χ4v) is 9.84. The van der Waals surface area contributed by atoms with Crippen LogP contribution in [0.1, 0.15) is 72.1 Å². The predicted octanol–water partition coefficient (Wildman–Crippen LogP) is 10.9. The quantitative estimate of drug-likeness (QED) is 0.0195. The minimum Gasteiger partial charge on any atom is -0.399 e. The molecule has 4 aromatic heterocycles. The zero-order valence-corrected chi connectivity index (χ0v) is 46.4. The molecule has 0 radical (unpaired) electrons. The molecular weight excluding hydrogens is 1080 g/mol. The number of carbonyl (C=O) groups excluding carboxylic acids is 4. The molecule has 2 fully saturated rings. The number of allylic oxidation sites excluding steroid dienone is 2. The fourth-order valence-electron chi connectivity index (χ4n) is 9.56. The second-order valence-electron chi connectivity index (χ2n) is 19.6. The van der Waals surface area contributed by atoms with Crippen LogP contribution in [0, 0.1) is 0 Å². The van der Waals surface area contributed by atoms with Gasteiger partial charge in [0.05, 0.1) is 11.4 Å². The van der Waals surface area contributed by atoms with Crippen molar-refractivity contribution in [1.82, 2.24) is 45.4 Å². The highest BCUT2D eigenvalue weighted by atomic mass is 79.9. The molecule has 4 atom stereocenters. The Labute approximate surface area is 472 Å². The van der Waals surface area contributed by atoms with Gasteiger partial charge in [0, 0.05) is 122 Å². The van der Waals surface area contributed by atoms with E-state index in [9.17, 15) is 19.2 Å². The lowest BCUT2D eigenvalue weighted by Gasteiger charge is -2.30. The average molecular weight is 1150 g/mol. The Bertz CT molecular complexity index is 3380. The molecule has 10 rings (SSSR count). The third-order valence-corrected chi connectivity index (χ3v) is 13.9. The van der Waals surface area contributed by atoms with Crippen LogP contribution in [0.25, 0.3) is 44.3 Å². The van der Waals surface area contributed by atoms with Crippen LogP contribution in [-0.2, 0) is 9.59 Å². The number of benzene rings is 4. The van der Waals surface area contributed by atoms with Gasteiger partial charge in [-0.25, -0.2) is 19.9 Å². The number of amides is 3. The van der Waals surface area contributed by atoms with E-state index in [0.717, 1.165) is 95.7 Å². The minimum absolute atomic E-state index is 0.0526. The molecular formula is C60H65BrClN13O4. The standard InChI is InChI=1S/C31H35N7O2.C25H26N6O.C4H4BrClO/c1-38(2)18-6-11-29(39)34-22-14-12-21(13-15-22)30(40)35-23-7-5-8-24(19-23)36-31-32-17-16-28(37-31)26-20-33-27-10-4-3-9-25(26)27;26-17-10-8-16(9-11-17)24(32)29-18-4-3-5-19(14-18)30-25-27-13-12-23(31-25)21-15-28-22-7-2-1-6-20(21)22;5-3-1-2-4(6)7/h3-4,6,9-17,20,23-24,33H,5,7-8,18-19H2,1-2H3,(H,34,39)(H,35,40)(H,32,36,37);1-2,6-13,15,18-19,28H,3-5,14,26H2,(H,29,32)(H,27,30,31);1-2H,3H2/b11-6+;;2-1+/t23-,24+;18-,19+;/m00./s1. The van der Waals surface area contributed by atoms with Gasteiger partial charge in [0.15, 0.2) is 0 Å². The fraction of sp³-hybridized carbons (Fsp3) is 0.267. The molecule has 4 aromatic carbocycles. The van der Waals surface area contributed by atoms with Gasteiger partial charge in [-0.1, -0.05) is 64.5 Å². The van der Waals surface area contributed by atoms with E-state index in [4.69, 9.17) is 27.3 Å². The zero-order chi connectivity index (χ0) is 55.5. The molecule has 79 heavy (non-hydrogen) atoms. The number of anilines is 4. The Kier molecular flexibility index (Phi) is 20.5. The Morgan fingerprint density at radius 3 is 1.59 bits per heavy atom. The first-order valence-corrected chi connectivity index (χ1v) is 27.8. The molecule has 0 bridgehead atoms. The van der Waals surface area contributed by atoms with Gasteiger partial charge in [0.25, 0.3) is 11.8 Å². The smallest absolute Gasteiger partial charge is 0.251 e. The summed E-state index contributed by atoms with van der Waals surface area (Å²) in [5, 5.41) is 18.6. The van der Waals surface area contributed by atoms with Crippen LogP contribution in [0.5, 0.6) is 0 Å². The summed E-state index contributed by atoms with van der Waals surface area (Å²) in [6.45, 7) is 0.689. The molecule has 9 N–H and O–H groups in total. The van der Waals surface area contributed by atoms with Crippen LogP contribution in [0.3, 0.4) is 0 Å². The van der Waals surface area contributed by atoms with Gasteiger partial charge in [-0.05, 0) is 156 Å². The number of nitrogens with one attached hydrogen (secondary N) is 7. The first-order chi connectivity index (χ1) is 38.4. The van der Waals surface area contributed by atoms with E-state index in [0.29, 0.717) is 46.3 Å². The first kappa shape index (κ1) is 57.0. The maximum atomic E-state index is 12.9. The van der Waals surface area contributed by atoms with Gasteiger partial charge < -0.3 is 47.2 Å². The molecule has 3 amide bonds. The van der Waals surface area contributed by atoms with Gasteiger partial charge in [-0.3, -0.25) is 19.2 Å². The number of alkyl halides is 1. The number of nitrogens with two attached hydrogens (primary N) is 1. The number of rotatable bonds is 16. The normalized spacial score (nSPS) is 17.1. The van der Waals surface area contributed by atoms with Crippen LogP contribution in [0.15, 0.2) is 158 Å². The number of para-hydroxylation sites is 2. The summed E-state index contributed by atoms with van der Waals surface area (Å²) in [5.74, 6) is 0.827. The van der Waals surface area contributed by atoms with E-state index >= 15 is 0 Å². The number of carbonyl (C=O) groups is 4. The van der Waals surface area contributed by atoms with Crippen molar-refractivity contribution < 1.29 is 19.2 Å². The van der Waals surface area contributed by atoms with Crippen LogP contribution >= 0.6 is 27.5 Å². The summed E-state index contributed by atoms with van der Waals surface area (Å²) in [6.07, 6.45) is 21.3. The Balaban J connectivity index is 0.000000189. The maximum Gasteiger partial charge on any atom is 0.251 e. The van der Waals surface area contributed by atoms with Gasteiger partial charge in [0.2, 0.25) is 23.0 Å². The Hall–Kier alpha value is -8.19. The number of halogens is 2. The number of hydrogen-bond donors (Lipinski definition) is 8. The van der Waals surface area contributed by atoms with Gasteiger partial charge >= 0.3 is 0 Å². The molecule has 4 heterocycles. The summed E-state index contributed by atoms with van der Waals surface area (Å²) in [5.41, 5.74) is 14.2. The lowest BCUT2D eigenvalue weighted by molar-refractivity contribution is -0.112. The lowest BCUT2D eigenvalue weighted by atomic mass is 9.91. The number of nitrogens with zero attached hydrogens (tertiary/aromatic N) is 5. The monoisotopic (exact) mass is 1150 g/mol. The van der Waals surface area contributed by atoms with Gasteiger partial charge in [0.1, 0.15) is 0 Å². The largest absolute Gasteiger partial charge is 0.399 e. The van der Waals surface area contributed by atoms with Crippen molar-refractivity contribution in [2.24, 2.45) is 0 Å². The summed E-state index contributed by atoms with van der Waals surface area (Å²) in [6, 6.07) is 34.7. The number of likely N-dealkylation sites (N-methyl/N-ethyl adjacent to an activating group) is 1. The van der Waals surface area contributed by atoms with Crippen molar-refractivity contribution in [2.75, 3.05) is 47.7 Å². The van der Waals surface area contributed by atoms with E-state index < -0.39 is 5.24 Å². The first-order valence-electron chi connectivity index (χ1n) is 26.3. The van der Waals surface area contributed by atoms with Crippen LogP contribution in [0.4, 0.5) is 23.3 Å². The number of fused-ring (bicyclic) bond motifs is 2. The van der Waals surface area contributed by atoms with Crippen molar-refractivity contribution in [3.05, 3.63) is 169 Å². The molecule has 0 unspecified atom stereocenters. The molecule has 408 valence electrons. The molecule has 2 aliphatic rings. The highest BCUT2D eigenvalue weighted by Crippen LogP contribution is 2.30. The van der Waals surface area contributed by atoms with Crippen LogP contribution in [-0.4, -0.2) is 108 Å². The number of aromatic nitrogens is 6. The van der Waals surface area contributed by atoms with E-state index in [1.54, 1.807) is 73.1 Å². The molecule has 2 saturated carbocycles. The van der Waals surface area contributed by atoms with Gasteiger partial charge in [-0.2, -0.15) is 0 Å². The highest BCUT2D eigenvalue weighted by molar-refractivity contribution is 9.09. The SMILES string of the molecule is CN(C)C/C=C/C(=O)Nc1ccc(C(=O)N[C@H]2CCC[C@@H](Nc3nccc(-c4c[nH]c5ccccc45)n3)C2)cc1.Nc1ccc(C(=O)N[C@H]2CCC[C@@H](Nc3nccc(-c4c[nH]c5ccccc45)n3)C2)cc1.O=C(Cl)/C=C/CBr. The Morgan fingerprint density at radius 1 is 0.646 bits per heavy atom. The van der Waals surface area contributed by atoms with Crippen LogP contribution < -0.4 is 32.3 Å². The second kappa shape index (κ2) is 28.4. The highest BCUT2D eigenvalue weighted by Gasteiger charge is 2.26. The third kappa shape index (κ3) is 16.9. The summed E-state index contributed by atoms with van der Waals surface area (Å²) in [7, 11) is 3.88. The number of nitrogen functional groups attached to an aromatic ring is 1. The van der Waals surface area contributed by atoms with Crippen molar-refractivity contribution in [3.63, 3.8) is 0 Å². The molecule has 2 aliphatic carbocycles. The van der Waals surface area contributed by atoms with Crippen molar-refractivity contribution in [3.8, 4) is 22.5 Å². The minimum atomic E-state index is -0.431. The zero-order valence-electron chi connectivity index (χ0n) is 44.1. The van der Waals surface area contributed by atoms with Crippen molar-refractivity contribution in [2.45, 2.75) is 75.5 Å². The second-order valence-corrected chi connectivity index (χ2v) is 20.6.